The molecule has 0 spiro atoms. The molecule has 29 heavy (non-hydrogen) atoms. The lowest BCUT2D eigenvalue weighted by molar-refractivity contribution is -0.139. The zero-order valence-electron chi connectivity index (χ0n) is 17.1. The number of nitrogens with one attached hydrogen (secondary N) is 4. The van der Waals surface area contributed by atoms with Gasteiger partial charge in [-0.05, 0) is 11.8 Å². The van der Waals surface area contributed by atoms with Crippen molar-refractivity contribution in [3.63, 3.8) is 0 Å². The van der Waals surface area contributed by atoms with Crippen LogP contribution in [0, 0.1) is 11.8 Å². The number of carbonyl (C=O) groups is 4. The van der Waals surface area contributed by atoms with E-state index in [1.54, 1.807) is 27.7 Å². The van der Waals surface area contributed by atoms with Crippen LogP contribution in [0.2, 0.25) is 0 Å². The van der Waals surface area contributed by atoms with E-state index in [-0.39, 0.29) is 18.3 Å². The van der Waals surface area contributed by atoms with Crippen molar-refractivity contribution in [1.29, 1.82) is 0 Å². The minimum Gasteiger partial charge on any atom is -0.480 e. The van der Waals surface area contributed by atoms with Gasteiger partial charge in [-0.1, -0.05) is 27.7 Å². The van der Waals surface area contributed by atoms with Gasteiger partial charge in [0.15, 0.2) is 0 Å². The monoisotopic (exact) mass is 410 g/mol. The van der Waals surface area contributed by atoms with E-state index in [2.05, 4.69) is 25.9 Å². The molecule has 3 unspecified atom stereocenters. The third-order valence-electron chi connectivity index (χ3n) is 4.29. The van der Waals surface area contributed by atoms with Crippen LogP contribution in [0.15, 0.2) is 12.5 Å². The molecule has 11 nitrogen and oxygen atoms in total. The molecule has 3 atom stereocenters. The van der Waals surface area contributed by atoms with E-state index in [0.29, 0.717) is 5.69 Å². The van der Waals surface area contributed by atoms with Crippen molar-refractivity contribution in [2.45, 2.75) is 52.2 Å². The maximum atomic E-state index is 12.9. The van der Waals surface area contributed by atoms with Crippen LogP contribution in [0.3, 0.4) is 0 Å². The minimum absolute atomic E-state index is 0.115. The highest BCUT2D eigenvalue weighted by Crippen LogP contribution is 2.06. The molecule has 1 heterocycles. The smallest absolute Gasteiger partial charge is 0.322 e. The quantitative estimate of drug-likeness (QED) is 0.264. The van der Waals surface area contributed by atoms with Crippen LogP contribution >= 0.6 is 0 Å². The van der Waals surface area contributed by atoms with E-state index >= 15 is 0 Å². The standard InChI is InChI=1S/C18H30N6O5/c1-9(2)14(19)17(28)23-12(5-11-6-20-8-22-11)16(27)24-15(10(3)4)18(29)21-7-13(25)26/h6,8-10,12,14-15H,5,7,19H2,1-4H3,(H,20,22)(H,21,29)(H,23,28)(H,24,27)(H,25,26). The number of nitrogens with two attached hydrogens (primary N) is 1. The lowest BCUT2D eigenvalue weighted by atomic mass is 10.0. The molecule has 7 N–H and O–H groups in total. The number of nitrogens with zero attached hydrogens (tertiary/aromatic N) is 1. The van der Waals surface area contributed by atoms with Crippen molar-refractivity contribution >= 4 is 23.7 Å². The van der Waals surface area contributed by atoms with E-state index < -0.39 is 48.4 Å². The summed E-state index contributed by atoms with van der Waals surface area (Å²) in [6.45, 7) is 6.44. The normalized spacial score (nSPS) is 14.2. The summed E-state index contributed by atoms with van der Waals surface area (Å²) in [5.74, 6) is -3.34. The summed E-state index contributed by atoms with van der Waals surface area (Å²) in [5, 5.41) is 16.2. The lowest BCUT2D eigenvalue weighted by Gasteiger charge is -2.26. The number of H-pyrrole nitrogens is 1. The fourth-order valence-electron chi connectivity index (χ4n) is 2.46. The van der Waals surface area contributed by atoms with Gasteiger partial charge in [0.05, 0.1) is 12.4 Å². The summed E-state index contributed by atoms with van der Waals surface area (Å²) in [4.78, 5) is 54.9. The van der Waals surface area contributed by atoms with Crippen LogP contribution in [0.5, 0.6) is 0 Å². The maximum absolute atomic E-state index is 12.9. The van der Waals surface area contributed by atoms with Crippen LogP contribution in [-0.2, 0) is 25.6 Å². The number of aliphatic carboxylic acids is 1. The van der Waals surface area contributed by atoms with Gasteiger partial charge in [0.25, 0.3) is 0 Å². The number of carboxylic acids is 1. The van der Waals surface area contributed by atoms with Gasteiger partial charge < -0.3 is 31.8 Å². The van der Waals surface area contributed by atoms with Crippen molar-refractivity contribution in [1.82, 2.24) is 25.9 Å². The Kier molecular flexibility index (Phi) is 9.26. The zero-order chi connectivity index (χ0) is 22.1. The Hall–Kier alpha value is -2.95. The fourth-order valence-corrected chi connectivity index (χ4v) is 2.46. The van der Waals surface area contributed by atoms with Gasteiger partial charge in [0, 0.05) is 18.3 Å². The molecule has 1 aromatic rings. The highest BCUT2D eigenvalue weighted by molar-refractivity contribution is 5.94. The first-order chi connectivity index (χ1) is 13.5. The highest BCUT2D eigenvalue weighted by Gasteiger charge is 2.30. The minimum atomic E-state index is -1.20. The van der Waals surface area contributed by atoms with E-state index in [1.165, 1.54) is 12.5 Å². The number of hydrogen-bond donors (Lipinski definition) is 6. The number of carboxylic acid groups (broad SMARTS) is 1. The van der Waals surface area contributed by atoms with Crippen LogP contribution in [0.1, 0.15) is 33.4 Å². The average Bonchev–Trinajstić information content (AvgIpc) is 3.15. The third kappa shape index (κ3) is 7.90. The molecule has 0 aromatic carbocycles. The Labute approximate surface area is 169 Å². The molecule has 0 fully saturated rings. The second-order valence-corrected chi connectivity index (χ2v) is 7.45. The first-order valence-electron chi connectivity index (χ1n) is 9.36. The summed E-state index contributed by atoms with van der Waals surface area (Å²) in [7, 11) is 0. The maximum Gasteiger partial charge on any atom is 0.322 e. The van der Waals surface area contributed by atoms with Crippen molar-refractivity contribution in [2.24, 2.45) is 17.6 Å². The first kappa shape index (κ1) is 24.1. The number of aromatic amines is 1. The van der Waals surface area contributed by atoms with Gasteiger partial charge in [0.1, 0.15) is 18.6 Å². The predicted octanol–water partition coefficient (Wildman–Crippen LogP) is -1.24. The number of rotatable bonds is 11. The van der Waals surface area contributed by atoms with Crippen molar-refractivity contribution in [2.75, 3.05) is 6.54 Å². The summed E-state index contributed by atoms with van der Waals surface area (Å²) < 4.78 is 0. The Morgan fingerprint density at radius 1 is 1.07 bits per heavy atom. The second-order valence-electron chi connectivity index (χ2n) is 7.45. The van der Waals surface area contributed by atoms with Crippen molar-refractivity contribution < 1.29 is 24.3 Å². The molecule has 1 rings (SSSR count). The summed E-state index contributed by atoms with van der Waals surface area (Å²) >= 11 is 0. The molecule has 11 heteroatoms. The Morgan fingerprint density at radius 2 is 1.72 bits per heavy atom. The summed E-state index contributed by atoms with van der Waals surface area (Å²) in [6, 6.07) is -2.77. The molecule has 1 aromatic heterocycles. The number of amides is 3. The van der Waals surface area contributed by atoms with E-state index in [4.69, 9.17) is 10.8 Å². The van der Waals surface area contributed by atoms with E-state index in [1.807, 2.05) is 0 Å². The van der Waals surface area contributed by atoms with Gasteiger partial charge in [-0.25, -0.2) is 4.98 Å². The zero-order valence-corrected chi connectivity index (χ0v) is 17.1. The van der Waals surface area contributed by atoms with Crippen LogP contribution in [-0.4, -0.2) is 63.4 Å². The molecule has 0 saturated carbocycles. The lowest BCUT2D eigenvalue weighted by Crippen LogP contribution is -2.58. The van der Waals surface area contributed by atoms with Crippen molar-refractivity contribution in [3.05, 3.63) is 18.2 Å². The Morgan fingerprint density at radius 3 is 2.21 bits per heavy atom. The van der Waals surface area contributed by atoms with Crippen molar-refractivity contribution in [3.8, 4) is 0 Å². The molecule has 0 bridgehead atoms. The number of imidazole rings is 1. The Balaban J connectivity index is 2.93. The topological polar surface area (TPSA) is 179 Å². The third-order valence-corrected chi connectivity index (χ3v) is 4.29. The van der Waals surface area contributed by atoms with Gasteiger partial charge in [0.2, 0.25) is 17.7 Å². The Bertz CT molecular complexity index is 704. The molecular weight excluding hydrogens is 380 g/mol. The SMILES string of the molecule is CC(C)C(N)C(=O)NC(Cc1cnc[nH]1)C(=O)NC(C(=O)NCC(=O)O)C(C)C. The van der Waals surface area contributed by atoms with Crippen LogP contribution in [0.4, 0.5) is 0 Å². The predicted molar refractivity (Wildman–Crippen MR) is 104 cm³/mol. The van der Waals surface area contributed by atoms with Gasteiger partial charge in [-0.15, -0.1) is 0 Å². The molecule has 3 amide bonds. The van der Waals surface area contributed by atoms with Gasteiger partial charge >= 0.3 is 5.97 Å². The molecule has 0 saturated heterocycles. The van der Waals surface area contributed by atoms with Gasteiger partial charge in [-0.2, -0.15) is 0 Å². The molecule has 0 aliphatic rings. The van der Waals surface area contributed by atoms with Crippen LogP contribution in [0.25, 0.3) is 0 Å². The first-order valence-corrected chi connectivity index (χ1v) is 9.36. The number of carbonyl (C=O) groups excluding carboxylic acids is 3. The average molecular weight is 410 g/mol. The summed E-state index contributed by atoms with van der Waals surface area (Å²) in [5.41, 5.74) is 6.47. The number of hydrogen-bond acceptors (Lipinski definition) is 6. The second kappa shape index (κ2) is 11.1. The molecule has 162 valence electrons. The molecule has 0 radical (unpaired) electrons. The fraction of sp³-hybridized carbons (Fsp3) is 0.611. The largest absolute Gasteiger partial charge is 0.480 e. The van der Waals surface area contributed by atoms with E-state index in [0.717, 1.165) is 0 Å². The summed E-state index contributed by atoms with van der Waals surface area (Å²) in [6.07, 6.45) is 3.08. The molecule has 0 aliphatic carbocycles. The van der Waals surface area contributed by atoms with Gasteiger partial charge in [-0.3, -0.25) is 19.2 Å². The van der Waals surface area contributed by atoms with E-state index in [9.17, 15) is 19.2 Å². The highest BCUT2D eigenvalue weighted by atomic mass is 16.4. The number of aromatic nitrogens is 2. The molecule has 0 aliphatic heterocycles. The van der Waals surface area contributed by atoms with Crippen LogP contribution < -0.4 is 21.7 Å². The molecular formula is C18H30N6O5.